The number of halogens is 2. The van der Waals surface area contributed by atoms with Crippen LogP contribution in [0.2, 0.25) is 0 Å². The largest absolute Gasteiger partial charge is 0.494 e. The van der Waals surface area contributed by atoms with Crippen molar-refractivity contribution in [2.45, 2.75) is 110 Å². The highest BCUT2D eigenvalue weighted by Crippen LogP contribution is 2.37. The molecule has 2 aliphatic carbocycles. The zero-order valence-corrected chi connectivity index (χ0v) is 21.9. The van der Waals surface area contributed by atoms with Gasteiger partial charge in [-0.15, -0.1) is 0 Å². The van der Waals surface area contributed by atoms with Crippen molar-refractivity contribution in [1.82, 2.24) is 0 Å². The van der Waals surface area contributed by atoms with Gasteiger partial charge in [-0.05, 0) is 84.2 Å². The number of unbranched alkanes of at least 4 members (excludes halogenated alkanes) is 4. The molecule has 2 atom stereocenters. The lowest BCUT2D eigenvalue weighted by Gasteiger charge is -2.27. The smallest absolute Gasteiger partial charge is 0.162 e. The fraction of sp³-hybridized carbons (Fsp3) is 0.625. The molecular formula is C32H44F2O. The van der Waals surface area contributed by atoms with Crippen molar-refractivity contribution in [2.75, 3.05) is 6.61 Å². The van der Waals surface area contributed by atoms with Crippen LogP contribution in [0.4, 0.5) is 8.78 Å². The number of hydrogen-bond donors (Lipinski definition) is 0. The molecule has 0 heterocycles. The number of fused-ring (bicyclic) bond motifs is 1. The van der Waals surface area contributed by atoms with Crippen molar-refractivity contribution in [2.24, 2.45) is 11.8 Å². The van der Waals surface area contributed by atoms with Gasteiger partial charge >= 0.3 is 0 Å². The summed E-state index contributed by atoms with van der Waals surface area (Å²) >= 11 is 0. The van der Waals surface area contributed by atoms with Crippen LogP contribution in [0.25, 0.3) is 0 Å². The van der Waals surface area contributed by atoms with E-state index in [2.05, 4.69) is 26.0 Å². The molecule has 2 aromatic carbocycles. The maximum atomic E-state index is 15.1. The zero-order valence-electron chi connectivity index (χ0n) is 21.9. The van der Waals surface area contributed by atoms with Crippen LogP contribution in [0.15, 0.2) is 30.3 Å². The predicted molar refractivity (Wildman–Crippen MR) is 141 cm³/mol. The maximum absolute atomic E-state index is 15.1. The van der Waals surface area contributed by atoms with Crippen molar-refractivity contribution in [3.05, 3.63) is 64.2 Å². The standard InChI is InChI=1S/C32H44F2O/c1-3-4-9-23(2)20-28-21-27-14-13-26(22-30(27)32(34)31(28)33)25-15-17-29(18-16-25)35-19-8-6-5-7-10-24-11-12-24/h15-18,21,23-24,26H,3-14,19-20,22H2,1-2H3. The molecule has 2 aliphatic rings. The van der Waals surface area contributed by atoms with Crippen molar-refractivity contribution < 1.29 is 13.5 Å². The number of aryl methyl sites for hydroxylation is 1. The van der Waals surface area contributed by atoms with E-state index in [0.29, 0.717) is 29.9 Å². The molecular weight excluding hydrogens is 438 g/mol. The first-order valence-corrected chi connectivity index (χ1v) is 14.3. The van der Waals surface area contributed by atoms with E-state index in [4.69, 9.17) is 4.74 Å². The highest BCUT2D eigenvalue weighted by Gasteiger charge is 2.27. The first-order valence-electron chi connectivity index (χ1n) is 14.3. The molecule has 1 saturated carbocycles. The van der Waals surface area contributed by atoms with Gasteiger partial charge < -0.3 is 4.74 Å². The first-order chi connectivity index (χ1) is 17.0. The van der Waals surface area contributed by atoms with Gasteiger partial charge in [-0.2, -0.15) is 0 Å². The first kappa shape index (κ1) is 26.2. The SMILES string of the molecule is CCCCC(C)Cc1cc2c(c(F)c1F)CC(c1ccc(OCCCCCCC3CC3)cc1)CC2. The van der Waals surface area contributed by atoms with Gasteiger partial charge in [-0.25, -0.2) is 8.78 Å². The summed E-state index contributed by atoms with van der Waals surface area (Å²) < 4.78 is 36.0. The topological polar surface area (TPSA) is 9.23 Å². The molecule has 2 aromatic rings. The normalized spacial score (nSPS) is 18.3. The summed E-state index contributed by atoms with van der Waals surface area (Å²) in [6, 6.07) is 10.2. The van der Waals surface area contributed by atoms with Gasteiger partial charge in [-0.1, -0.05) is 89.8 Å². The average Bonchev–Trinajstić information content (AvgIpc) is 3.70. The van der Waals surface area contributed by atoms with Crippen LogP contribution in [0, 0.1) is 23.5 Å². The highest BCUT2D eigenvalue weighted by atomic mass is 19.2. The monoisotopic (exact) mass is 482 g/mol. The molecule has 0 saturated heterocycles. The van der Waals surface area contributed by atoms with Gasteiger partial charge in [0, 0.05) is 0 Å². The fourth-order valence-electron chi connectivity index (χ4n) is 5.68. The van der Waals surface area contributed by atoms with Crippen LogP contribution in [0.1, 0.15) is 113 Å². The van der Waals surface area contributed by atoms with E-state index in [1.54, 1.807) is 0 Å². The third-order valence-electron chi connectivity index (χ3n) is 8.13. The van der Waals surface area contributed by atoms with Crippen LogP contribution >= 0.6 is 0 Å². The molecule has 4 rings (SSSR count). The van der Waals surface area contributed by atoms with E-state index in [1.165, 1.54) is 44.1 Å². The summed E-state index contributed by atoms with van der Waals surface area (Å²) in [6.45, 7) is 5.08. The Kier molecular flexibility index (Phi) is 9.63. The van der Waals surface area contributed by atoms with Crippen LogP contribution in [0.3, 0.4) is 0 Å². The molecule has 0 aliphatic heterocycles. The Morgan fingerprint density at radius 1 is 0.943 bits per heavy atom. The Morgan fingerprint density at radius 2 is 1.71 bits per heavy atom. The third kappa shape index (κ3) is 7.54. The Hall–Kier alpha value is -1.90. The average molecular weight is 483 g/mol. The molecule has 1 fully saturated rings. The van der Waals surface area contributed by atoms with Crippen LogP contribution < -0.4 is 4.74 Å². The molecule has 0 N–H and O–H groups in total. The summed E-state index contributed by atoms with van der Waals surface area (Å²) in [5, 5.41) is 0. The van der Waals surface area contributed by atoms with Crippen molar-refractivity contribution in [3.63, 3.8) is 0 Å². The molecule has 1 nitrogen and oxygen atoms in total. The summed E-state index contributed by atoms with van der Waals surface area (Å²) in [6.07, 6.45) is 15.7. The Bertz CT molecular complexity index is 932. The van der Waals surface area contributed by atoms with Crippen molar-refractivity contribution in [1.29, 1.82) is 0 Å². The second-order valence-electron chi connectivity index (χ2n) is 11.3. The van der Waals surface area contributed by atoms with Crippen LogP contribution in [-0.4, -0.2) is 6.61 Å². The third-order valence-corrected chi connectivity index (χ3v) is 8.13. The predicted octanol–water partition coefficient (Wildman–Crippen LogP) is 9.35. The van der Waals surface area contributed by atoms with Gasteiger partial charge in [0.15, 0.2) is 11.6 Å². The van der Waals surface area contributed by atoms with Gasteiger partial charge in [0.2, 0.25) is 0 Å². The summed E-state index contributed by atoms with van der Waals surface area (Å²) in [4.78, 5) is 0. The van der Waals surface area contributed by atoms with Gasteiger partial charge in [0.25, 0.3) is 0 Å². The second-order valence-corrected chi connectivity index (χ2v) is 11.3. The minimum absolute atomic E-state index is 0.228. The Balaban J connectivity index is 1.27. The second kappa shape index (κ2) is 12.9. The van der Waals surface area contributed by atoms with E-state index in [0.717, 1.165) is 62.4 Å². The maximum Gasteiger partial charge on any atom is 0.162 e. The molecule has 0 bridgehead atoms. The van der Waals surface area contributed by atoms with Crippen molar-refractivity contribution >= 4 is 0 Å². The summed E-state index contributed by atoms with van der Waals surface area (Å²) in [5.74, 6) is 1.32. The summed E-state index contributed by atoms with van der Waals surface area (Å²) in [7, 11) is 0. The molecule has 0 radical (unpaired) electrons. The van der Waals surface area contributed by atoms with Crippen LogP contribution in [-0.2, 0) is 19.3 Å². The Labute approximate surface area is 211 Å². The fourth-order valence-corrected chi connectivity index (χ4v) is 5.68. The number of rotatable bonds is 14. The van der Waals surface area contributed by atoms with E-state index in [9.17, 15) is 4.39 Å². The lowest BCUT2D eigenvalue weighted by atomic mass is 9.78. The molecule has 0 amide bonds. The van der Waals surface area contributed by atoms with Gasteiger partial charge in [-0.3, -0.25) is 0 Å². The minimum Gasteiger partial charge on any atom is -0.494 e. The molecule has 192 valence electrons. The van der Waals surface area contributed by atoms with Gasteiger partial charge in [0.1, 0.15) is 5.75 Å². The molecule has 0 spiro atoms. The lowest BCUT2D eigenvalue weighted by molar-refractivity contribution is 0.304. The number of hydrogen-bond acceptors (Lipinski definition) is 1. The highest BCUT2D eigenvalue weighted by molar-refractivity contribution is 5.40. The Morgan fingerprint density at radius 3 is 2.46 bits per heavy atom. The zero-order chi connectivity index (χ0) is 24.6. The van der Waals surface area contributed by atoms with Crippen molar-refractivity contribution in [3.8, 4) is 5.75 Å². The van der Waals surface area contributed by atoms with E-state index in [-0.39, 0.29) is 5.92 Å². The summed E-state index contributed by atoms with van der Waals surface area (Å²) in [5.41, 5.74) is 3.36. The number of benzene rings is 2. The molecule has 0 aromatic heterocycles. The van der Waals surface area contributed by atoms with Gasteiger partial charge in [0.05, 0.1) is 6.61 Å². The molecule has 2 unspecified atom stereocenters. The van der Waals surface area contributed by atoms with E-state index >= 15 is 4.39 Å². The van der Waals surface area contributed by atoms with E-state index in [1.807, 2.05) is 18.2 Å². The van der Waals surface area contributed by atoms with E-state index < -0.39 is 11.6 Å². The molecule has 3 heteroatoms. The minimum atomic E-state index is -0.621. The van der Waals surface area contributed by atoms with Crippen LogP contribution in [0.5, 0.6) is 5.75 Å². The lowest BCUT2D eigenvalue weighted by Crippen LogP contribution is -2.17. The quantitative estimate of drug-likeness (QED) is 0.244. The molecule has 35 heavy (non-hydrogen) atoms. The number of ether oxygens (including phenoxy) is 1.